The molecule has 0 aliphatic rings. The van der Waals surface area contributed by atoms with Crippen molar-refractivity contribution in [3.63, 3.8) is 0 Å². The van der Waals surface area contributed by atoms with Crippen molar-refractivity contribution in [2.45, 2.75) is 9.79 Å². The molecule has 0 bridgehead atoms. The van der Waals surface area contributed by atoms with E-state index in [2.05, 4.69) is 51.2 Å². The van der Waals surface area contributed by atoms with Crippen molar-refractivity contribution >= 4 is 102 Å². The van der Waals surface area contributed by atoms with E-state index >= 15 is 0 Å². The van der Waals surface area contributed by atoms with Crippen LogP contribution in [0.2, 0.25) is 10.6 Å². The molecule has 3 rings (SSSR count). The molecule has 0 amide bonds. The van der Waals surface area contributed by atoms with E-state index in [-0.39, 0.29) is 47.6 Å². The van der Waals surface area contributed by atoms with Crippen LogP contribution in [0.3, 0.4) is 0 Å². The lowest BCUT2D eigenvalue weighted by atomic mass is 10.2. The Bertz CT molecular complexity index is 1540. The Hall–Kier alpha value is -2.54. The number of aromatic nitrogens is 6. The highest BCUT2D eigenvalue weighted by atomic mass is 35.5. The minimum absolute atomic E-state index is 0.00743. The van der Waals surface area contributed by atoms with Gasteiger partial charge in [-0.25, -0.2) is 0 Å². The number of nitrogens with zero attached hydrogens (tertiary/aromatic N) is 6. The van der Waals surface area contributed by atoms with E-state index in [1.54, 1.807) is 0 Å². The normalized spacial score (nSPS) is 11.8. The van der Waals surface area contributed by atoms with Gasteiger partial charge in [-0.3, -0.25) is 9.11 Å². The van der Waals surface area contributed by atoms with Gasteiger partial charge < -0.3 is 31.5 Å². The first-order valence-corrected chi connectivity index (χ1v) is 18.1. The van der Waals surface area contributed by atoms with Crippen LogP contribution in [0.4, 0.5) is 35.2 Å². The van der Waals surface area contributed by atoms with Crippen molar-refractivity contribution in [3.8, 4) is 0 Å². The van der Waals surface area contributed by atoms with Crippen molar-refractivity contribution in [1.82, 2.24) is 29.9 Å². The van der Waals surface area contributed by atoms with Gasteiger partial charge in [-0.15, -0.1) is 0 Å². The lowest BCUT2D eigenvalue weighted by Gasteiger charge is -2.16. The van der Waals surface area contributed by atoms with E-state index in [9.17, 15) is 25.9 Å². The molecule has 0 aliphatic heterocycles. The summed E-state index contributed by atoms with van der Waals surface area (Å²) >= 11 is 14.9. The van der Waals surface area contributed by atoms with Gasteiger partial charge in [0.2, 0.25) is 34.4 Å². The topological polar surface area (TPSA) is 275 Å². The molecule has 0 saturated heterocycles. The smallest absolute Gasteiger partial charge is 0.296 e. The van der Waals surface area contributed by atoms with Crippen LogP contribution in [-0.4, -0.2) is 115 Å². The van der Waals surface area contributed by atoms with E-state index in [1.165, 1.54) is 23.5 Å². The first kappa shape index (κ1) is 35.9. The number of rotatable bonds is 18. The molecule has 18 nitrogen and oxygen atoms in total. The second kappa shape index (κ2) is 16.7. The minimum atomic E-state index is -5.10. The first-order chi connectivity index (χ1) is 20.8. The van der Waals surface area contributed by atoms with Gasteiger partial charge in [0.1, 0.15) is 9.79 Å². The average molecular weight is 734 g/mol. The van der Waals surface area contributed by atoms with E-state index in [0.717, 1.165) is 6.07 Å². The number of hydrogen-bond acceptors (Lipinski definition) is 18. The van der Waals surface area contributed by atoms with Crippen molar-refractivity contribution in [1.29, 1.82) is 0 Å². The van der Waals surface area contributed by atoms with E-state index in [0.29, 0.717) is 42.2 Å². The molecule has 8 N–H and O–H groups in total. The zero-order valence-corrected chi connectivity index (χ0v) is 27.1. The zero-order valence-electron chi connectivity index (χ0n) is 22.3. The number of aliphatic hydroxyl groups is 2. The molecular formula is C20H26Cl2N10O8S4. The van der Waals surface area contributed by atoms with E-state index < -0.39 is 41.4 Å². The monoisotopic (exact) mass is 732 g/mol. The second-order valence-electron chi connectivity index (χ2n) is 8.07. The van der Waals surface area contributed by atoms with Gasteiger partial charge in [-0.2, -0.15) is 70.3 Å². The standard InChI is InChI=1S/C20H26Cl2N10O8S4/c21-15-27-17(23-1-5-41-7-3-33)31-19(29-15)25-11-9-12(14(44(38,39)40)10-13(11)43(35,36)37)26-20-30-16(22)28-18(32-20)24-2-6-42-8-4-34/h9-10,33-34H,1-8H2,(H,35,36,37)(H,38,39,40)(H2,23,25,27,29,31)(H2,24,26,28,30,32). The predicted molar refractivity (Wildman–Crippen MR) is 168 cm³/mol. The molecule has 1 aromatic carbocycles. The highest BCUT2D eigenvalue weighted by Gasteiger charge is 2.26. The molecule has 0 spiro atoms. The molecule has 44 heavy (non-hydrogen) atoms. The second-order valence-corrected chi connectivity index (χ2v) is 14.0. The lowest BCUT2D eigenvalue weighted by Crippen LogP contribution is -2.13. The Morgan fingerprint density at radius 3 is 1.36 bits per heavy atom. The quantitative estimate of drug-likeness (QED) is 0.0681. The number of benzene rings is 1. The molecule has 2 aromatic heterocycles. The van der Waals surface area contributed by atoms with Crippen LogP contribution in [0.1, 0.15) is 0 Å². The largest absolute Gasteiger partial charge is 0.396 e. The van der Waals surface area contributed by atoms with Gasteiger partial charge in [0, 0.05) is 36.1 Å². The summed E-state index contributed by atoms with van der Waals surface area (Å²) < 4.78 is 68.7. The number of thioether (sulfide) groups is 2. The van der Waals surface area contributed by atoms with Crippen molar-refractivity contribution < 1.29 is 36.2 Å². The third-order valence-corrected chi connectivity index (χ3v) is 8.93. The Kier molecular flexibility index (Phi) is 13.6. The summed E-state index contributed by atoms with van der Waals surface area (Å²) in [6.45, 7) is 0.794. The van der Waals surface area contributed by atoms with Crippen LogP contribution in [0, 0.1) is 0 Å². The highest BCUT2D eigenvalue weighted by Crippen LogP contribution is 2.34. The molecule has 24 heteroatoms. The fourth-order valence-corrected chi connectivity index (χ4v) is 6.06. The van der Waals surface area contributed by atoms with Gasteiger partial charge in [0.05, 0.1) is 24.6 Å². The maximum atomic E-state index is 12.2. The predicted octanol–water partition coefficient (Wildman–Crippen LogP) is 1.62. The van der Waals surface area contributed by atoms with Crippen molar-refractivity contribution in [2.24, 2.45) is 0 Å². The first-order valence-electron chi connectivity index (χ1n) is 12.2. The average Bonchev–Trinajstić information content (AvgIpc) is 2.91. The molecule has 2 heterocycles. The molecule has 0 aliphatic carbocycles. The van der Waals surface area contributed by atoms with Crippen LogP contribution < -0.4 is 21.3 Å². The molecule has 0 unspecified atom stereocenters. The summed E-state index contributed by atoms with van der Waals surface area (Å²) in [4.78, 5) is 21.9. The maximum Gasteiger partial charge on any atom is 0.296 e. The maximum absolute atomic E-state index is 12.2. The fourth-order valence-electron chi connectivity index (χ4n) is 3.20. The van der Waals surface area contributed by atoms with Crippen molar-refractivity contribution in [2.75, 3.05) is 70.6 Å². The Labute approximate surface area is 270 Å². The third kappa shape index (κ3) is 11.4. The Balaban J connectivity index is 1.98. The van der Waals surface area contributed by atoms with Crippen LogP contribution in [-0.2, 0) is 20.2 Å². The van der Waals surface area contributed by atoms with Gasteiger partial charge in [0.25, 0.3) is 20.2 Å². The number of anilines is 6. The molecule has 242 valence electrons. The summed E-state index contributed by atoms with van der Waals surface area (Å²) in [6, 6.07) is 1.41. The van der Waals surface area contributed by atoms with Crippen molar-refractivity contribution in [3.05, 3.63) is 22.7 Å². The summed E-state index contributed by atoms with van der Waals surface area (Å²) in [6.07, 6.45) is 0. The Morgan fingerprint density at radius 1 is 0.614 bits per heavy atom. The van der Waals surface area contributed by atoms with E-state index in [4.69, 9.17) is 33.4 Å². The summed E-state index contributed by atoms with van der Waals surface area (Å²) in [5, 5.41) is 28.1. The van der Waals surface area contributed by atoms with Gasteiger partial charge in [0.15, 0.2) is 0 Å². The van der Waals surface area contributed by atoms with Gasteiger partial charge in [-0.1, -0.05) is 0 Å². The third-order valence-electron chi connectivity index (χ3n) is 4.88. The highest BCUT2D eigenvalue weighted by molar-refractivity contribution is 7.99. The number of nitrogens with one attached hydrogen (secondary N) is 4. The van der Waals surface area contributed by atoms with Gasteiger partial charge >= 0.3 is 0 Å². The molecule has 0 radical (unpaired) electrons. The SMILES string of the molecule is O=S(=O)(O)c1cc(S(=O)(=O)O)c(Nc2nc(Cl)nc(NCCSCCO)n2)cc1Nc1nc(Cl)nc(NCCSCCO)n1. The molecule has 3 aromatic rings. The van der Waals surface area contributed by atoms with E-state index in [1.807, 2.05) is 0 Å². The number of halogens is 2. The molecule has 0 fully saturated rings. The van der Waals surface area contributed by atoms with Crippen LogP contribution >= 0.6 is 46.7 Å². The van der Waals surface area contributed by atoms with Crippen LogP contribution in [0.15, 0.2) is 21.9 Å². The fraction of sp³-hybridized carbons (Fsp3) is 0.400. The zero-order chi connectivity index (χ0) is 32.3. The number of aliphatic hydroxyl groups excluding tert-OH is 2. The van der Waals surface area contributed by atoms with Crippen LogP contribution in [0.5, 0.6) is 0 Å². The lowest BCUT2D eigenvalue weighted by molar-refractivity contribution is 0.322. The summed E-state index contributed by atoms with van der Waals surface area (Å²) in [5.74, 6) is 1.67. The van der Waals surface area contributed by atoms with Gasteiger partial charge in [-0.05, 0) is 35.3 Å². The van der Waals surface area contributed by atoms with Crippen LogP contribution in [0.25, 0.3) is 0 Å². The molecular weight excluding hydrogens is 707 g/mol. The molecule has 0 saturated carbocycles. The molecule has 0 atom stereocenters. The number of hydrogen-bond donors (Lipinski definition) is 8. The summed E-state index contributed by atoms with van der Waals surface area (Å²) in [5.41, 5.74) is -0.873. The summed E-state index contributed by atoms with van der Waals surface area (Å²) in [7, 11) is -10.2. The minimum Gasteiger partial charge on any atom is -0.396 e. The Morgan fingerprint density at radius 2 is 1.00 bits per heavy atom.